The summed E-state index contributed by atoms with van der Waals surface area (Å²) in [4.78, 5) is 29.1. The first-order valence-corrected chi connectivity index (χ1v) is 8.20. The van der Waals surface area contributed by atoms with Crippen LogP contribution in [0.1, 0.15) is 40.5 Å². The fourth-order valence-electron chi connectivity index (χ4n) is 2.25. The molecule has 0 saturated heterocycles. The Bertz CT molecular complexity index is 803. The van der Waals surface area contributed by atoms with E-state index in [2.05, 4.69) is 15.4 Å². The van der Waals surface area contributed by atoms with Crippen LogP contribution in [0.3, 0.4) is 0 Å². The number of carbonyl (C=O) groups is 2. The smallest absolute Gasteiger partial charge is 0.341 e. The Hall–Kier alpha value is -2.73. The first-order valence-electron chi connectivity index (χ1n) is 7.38. The van der Waals surface area contributed by atoms with Crippen LogP contribution in [-0.4, -0.2) is 33.2 Å². The standard InChI is InChI=1S/C15H17N5O3S/c1-4-10-9(3)24-14(13(10)15(22)23-5-2)18-12(21)7-20-8-17-11(6-16)19-20/h8H,4-5,7H2,1-3H3,(H,18,21). The van der Waals surface area contributed by atoms with Crippen molar-refractivity contribution in [2.75, 3.05) is 11.9 Å². The molecule has 0 saturated carbocycles. The molecule has 9 heteroatoms. The second-order valence-electron chi connectivity index (χ2n) is 4.84. The molecular formula is C15H17N5O3S. The molecule has 2 rings (SSSR count). The summed E-state index contributed by atoms with van der Waals surface area (Å²) in [5, 5.41) is 15.7. The van der Waals surface area contributed by atoms with Gasteiger partial charge in [-0.3, -0.25) is 4.79 Å². The van der Waals surface area contributed by atoms with Crippen molar-refractivity contribution in [1.29, 1.82) is 5.26 Å². The fraction of sp³-hybridized carbons (Fsp3) is 0.400. The summed E-state index contributed by atoms with van der Waals surface area (Å²) < 4.78 is 6.36. The van der Waals surface area contributed by atoms with Gasteiger partial charge in [-0.2, -0.15) is 5.26 Å². The molecule has 0 spiro atoms. The number of aromatic nitrogens is 3. The Kier molecular flexibility index (Phi) is 5.65. The topological polar surface area (TPSA) is 110 Å². The minimum absolute atomic E-state index is 0.00440. The molecule has 1 N–H and O–H groups in total. The van der Waals surface area contributed by atoms with Gasteiger partial charge in [-0.15, -0.1) is 16.4 Å². The highest BCUT2D eigenvalue weighted by Gasteiger charge is 2.23. The number of amides is 1. The summed E-state index contributed by atoms with van der Waals surface area (Å²) in [7, 11) is 0. The number of carbonyl (C=O) groups excluding carboxylic acids is 2. The monoisotopic (exact) mass is 347 g/mol. The van der Waals surface area contributed by atoms with Crippen LogP contribution < -0.4 is 5.32 Å². The highest BCUT2D eigenvalue weighted by molar-refractivity contribution is 7.16. The first-order chi connectivity index (χ1) is 11.5. The molecule has 0 aromatic carbocycles. The lowest BCUT2D eigenvalue weighted by Crippen LogP contribution is -2.20. The van der Waals surface area contributed by atoms with Gasteiger partial charge in [-0.25, -0.2) is 14.5 Å². The van der Waals surface area contributed by atoms with Gasteiger partial charge < -0.3 is 10.1 Å². The van der Waals surface area contributed by atoms with Crippen LogP contribution in [0.25, 0.3) is 0 Å². The molecule has 2 aromatic heterocycles. The molecule has 0 atom stereocenters. The number of thiophene rings is 1. The van der Waals surface area contributed by atoms with Crippen LogP contribution in [0.5, 0.6) is 0 Å². The summed E-state index contributed by atoms with van der Waals surface area (Å²) in [5.74, 6) is -0.810. The Morgan fingerprint density at radius 2 is 2.21 bits per heavy atom. The third kappa shape index (κ3) is 3.78. The number of hydrogen-bond acceptors (Lipinski definition) is 7. The van der Waals surface area contributed by atoms with Crippen LogP contribution in [0.2, 0.25) is 0 Å². The number of hydrogen-bond donors (Lipinski definition) is 1. The number of rotatable bonds is 6. The maximum Gasteiger partial charge on any atom is 0.341 e. The van der Waals surface area contributed by atoms with E-state index in [1.807, 2.05) is 13.8 Å². The molecule has 0 unspecified atom stereocenters. The molecule has 0 aliphatic carbocycles. The molecule has 24 heavy (non-hydrogen) atoms. The van der Waals surface area contributed by atoms with Crippen molar-refractivity contribution in [1.82, 2.24) is 14.8 Å². The molecule has 0 fully saturated rings. The van der Waals surface area contributed by atoms with E-state index in [0.717, 1.165) is 10.4 Å². The number of anilines is 1. The van der Waals surface area contributed by atoms with E-state index < -0.39 is 5.97 Å². The van der Waals surface area contributed by atoms with Crippen molar-refractivity contribution in [2.24, 2.45) is 0 Å². The highest BCUT2D eigenvalue weighted by Crippen LogP contribution is 2.34. The maximum atomic E-state index is 12.2. The molecule has 0 bridgehead atoms. The number of nitrogens with zero attached hydrogens (tertiary/aromatic N) is 4. The average molecular weight is 347 g/mol. The van der Waals surface area contributed by atoms with Gasteiger partial charge in [0.2, 0.25) is 5.91 Å². The van der Waals surface area contributed by atoms with Gasteiger partial charge in [-0.1, -0.05) is 6.92 Å². The van der Waals surface area contributed by atoms with E-state index in [1.165, 1.54) is 22.3 Å². The molecular weight excluding hydrogens is 330 g/mol. The van der Waals surface area contributed by atoms with Crippen LogP contribution in [0.15, 0.2) is 6.33 Å². The lowest BCUT2D eigenvalue weighted by Gasteiger charge is -2.08. The largest absolute Gasteiger partial charge is 0.462 e. The summed E-state index contributed by atoms with van der Waals surface area (Å²) in [6.07, 6.45) is 1.97. The lowest BCUT2D eigenvalue weighted by atomic mass is 10.1. The predicted molar refractivity (Wildman–Crippen MR) is 87.8 cm³/mol. The Morgan fingerprint density at radius 1 is 1.46 bits per heavy atom. The van der Waals surface area contributed by atoms with Gasteiger partial charge in [0.05, 0.1) is 12.2 Å². The number of ether oxygens (including phenoxy) is 1. The van der Waals surface area contributed by atoms with Crippen LogP contribution in [-0.2, 0) is 22.5 Å². The highest BCUT2D eigenvalue weighted by atomic mass is 32.1. The minimum atomic E-state index is -0.443. The number of aryl methyl sites for hydroxylation is 1. The van der Waals surface area contributed by atoms with Crippen molar-refractivity contribution in [3.63, 3.8) is 0 Å². The van der Waals surface area contributed by atoms with Gasteiger partial charge >= 0.3 is 5.97 Å². The Morgan fingerprint density at radius 3 is 2.79 bits per heavy atom. The van der Waals surface area contributed by atoms with Gasteiger partial charge in [0, 0.05) is 4.88 Å². The predicted octanol–water partition coefficient (Wildman–Crippen LogP) is 1.90. The van der Waals surface area contributed by atoms with E-state index in [0.29, 0.717) is 17.0 Å². The first kappa shape index (κ1) is 17.6. The summed E-state index contributed by atoms with van der Waals surface area (Å²) in [6.45, 7) is 5.74. The number of nitrogens with one attached hydrogen (secondary N) is 1. The van der Waals surface area contributed by atoms with E-state index in [-0.39, 0.29) is 24.9 Å². The Balaban J connectivity index is 2.20. The van der Waals surface area contributed by atoms with Crippen LogP contribution >= 0.6 is 11.3 Å². The third-order valence-electron chi connectivity index (χ3n) is 3.24. The summed E-state index contributed by atoms with van der Waals surface area (Å²) in [6, 6.07) is 1.79. The zero-order valence-electron chi connectivity index (χ0n) is 13.6. The zero-order valence-corrected chi connectivity index (χ0v) is 14.4. The number of esters is 1. The molecule has 0 aliphatic heterocycles. The van der Waals surface area contributed by atoms with Crippen LogP contribution in [0.4, 0.5) is 5.00 Å². The van der Waals surface area contributed by atoms with Crippen LogP contribution in [0, 0.1) is 18.3 Å². The number of nitriles is 1. The molecule has 2 heterocycles. The van der Waals surface area contributed by atoms with Crippen molar-refractivity contribution >= 4 is 28.2 Å². The normalized spacial score (nSPS) is 10.2. The zero-order chi connectivity index (χ0) is 17.7. The van der Waals surface area contributed by atoms with E-state index >= 15 is 0 Å². The molecule has 8 nitrogen and oxygen atoms in total. The maximum absolute atomic E-state index is 12.2. The fourth-order valence-corrected chi connectivity index (χ4v) is 3.40. The van der Waals surface area contributed by atoms with E-state index in [1.54, 1.807) is 13.0 Å². The average Bonchev–Trinajstić information content (AvgIpc) is 3.11. The van der Waals surface area contributed by atoms with Gasteiger partial charge in [0.25, 0.3) is 5.82 Å². The quantitative estimate of drug-likeness (QED) is 0.799. The SMILES string of the molecule is CCOC(=O)c1c(NC(=O)Cn2cnc(C#N)n2)sc(C)c1CC. The molecule has 1 amide bonds. The second-order valence-corrected chi connectivity index (χ2v) is 6.07. The molecule has 126 valence electrons. The minimum Gasteiger partial charge on any atom is -0.462 e. The lowest BCUT2D eigenvalue weighted by molar-refractivity contribution is -0.116. The third-order valence-corrected chi connectivity index (χ3v) is 4.30. The van der Waals surface area contributed by atoms with Crippen molar-refractivity contribution < 1.29 is 14.3 Å². The van der Waals surface area contributed by atoms with E-state index in [9.17, 15) is 9.59 Å². The summed E-state index contributed by atoms with van der Waals surface area (Å²) in [5.41, 5.74) is 1.28. The molecule has 2 aromatic rings. The Labute approximate surface area is 143 Å². The molecule has 0 aliphatic rings. The van der Waals surface area contributed by atoms with E-state index in [4.69, 9.17) is 10.00 Å². The summed E-state index contributed by atoms with van der Waals surface area (Å²) >= 11 is 1.34. The van der Waals surface area contributed by atoms with Crippen molar-refractivity contribution in [3.05, 3.63) is 28.2 Å². The second kappa shape index (κ2) is 7.70. The van der Waals surface area contributed by atoms with Crippen molar-refractivity contribution in [3.8, 4) is 6.07 Å². The van der Waals surface area contributed by atoms with Gasteiger partial charge in [0.1, 0.15) is 23.9 Å². The van der Waals surface area contributed by atoms with Gasteiger partial charge in [0.15, 0.2) is 0 Å². The van der Waals surface area contributed by atoms with Gasteiger partial charge in [-0.05, 0) is 25.8 Å². The molecule has 0 radical (unpaired) electrons. The van der Waals surface area contributed by atoms with Crippen molar-refractivity contribution in [2.45, 2.75) is 33.7 Å².